The molecule has 0 spiro atoms. The molecule has 0 saturated heterocycles. The average Bonchev–Trinajstić information content (AvgIpc) is 3.37. The molecule has 5 rings (SSSR count). The van der Waals surface area contributed by atoms with E-state index in [0.29, 0.717) is 38.0 Å². The maximum Gasteiger partial charge on any atom is 0.305 e. The topological polar surface area (TPSA) is 168 Å². The third-order valence-electron chi connectivity index (χ3n) is 12.6. The minimum absolute atomic E-state index is 0.0970. The van der Waals surface area contributed by atoms with Crippen molar-refractivity contribution < 1.29 is 29.6 Å². The van der Waals surface area contributed by atoms with Crippen molar-refractivity contribution in [2.24, 2.45) is 62.8 Å². The van der Waals surface area contributed by atoms with E-state index in [1.165, 1.54) is 13.2 Å². The van der Waals surface area contributed by atoms with Crippen molar-refractivity contribution >= 4 is 23.9 Å². The van der Waals surface area contributed by atoms with Crippen LogP contribution >= 0.6 is 0 Å². The third-order valence-corrected chi connectivity index (χ3v) is 12.6. The molecule has 6 unspecified atom stereocenters. The van der Waals surface area contributed by atoms with Gasteiger partial charge >= 0.3 is 5.97 Å². The van der Waals surface area contributed by atoms with Crippen molar-refractivity contribution in [1.29, 1.82) is 0 Å². The zero-order chi connectivity index (χ0) is 33.4. The van der Waals surface area contributed by atoms with Crippen LogP contribution in [-0.2, 0) is 14.3 Å². The highest BCUT2D eigenvalue weighted by atomic mass is 16.5. The first-order valence-corrected chi connectivity index (χ1v) is 16.8. The maximum absolute atomic E-state index is 11.9. The van der Waals surface area contributed by atoms with Crippen LogP contribution in [0.1, 0.15) is 89.7 Å². The van der Waals surface area contributed by atoms with Crippen molar-refractivity contribution in [3.63, 3.8) is 0 Å². The maximum atomic E-state index is 11.9. The van der Waals surface area contributed by atoms with Gasteiger partial charge in [0, 0.05) is 18.1 Å². The van der Waals surface area contributed by atoms with E-state index in [9.17, 15) is 24.9 Å². The second kappa shape index (κ2) is 13.1. The largest absolute Gasteiger partial charge is 0.469 e. The van der Waals surface area contributed by atoms with Gasteiger partial charge in [0.1, 0.15) is 5.60 Å². The number of rotatable bonds is 6. The summed E-state index contributed by atoms with van der Waals surface area (Å²) in [4.78, 5) is 27.0. The van der Waals surface area contributed by atoms with Crippen molar-refractivity contribution in [1.82, 2.24) is 0 Å². The summed E-state index contributed by atoms with van der Waals surface area (Å²) in [5.41, 5.74) is 10.5. The Labute approximate surface area is 272 Å². The SMILES string of the molecule is COC(=O)CCC(C)C1CCC2C3C(C[C@H](O)[C@]12C)[C@@]1(C)CC[C@](O)(C#Cc2ccc(C=CC(=O)N=C(N)N)cc2)CC1C[C@H]3O. The molecule has 9 heteroatoms. The second-order valence-electron chi connectivity index (χ2n) is 15.0. The molecule has 0 bridgehead atoms. The van der Waals surface area contributed by atoms with Gasteiger partial charge in [-0.15, -0.1) is 0 Å². The van der Waals surface area contributed by atoms with Crippen molar-refractivity contribution in [2.75, 3.05) is 7.11 Å². The number of methoxy groups -OCH3 is 1. The van der Waals surface area contributed by atoms with Crippen LogP contribution in [0.2, 0.25) is 0 Å². The summed E-state index contributed by atoms with van der Waals surface area (Å²) < 4.78 is 4.87. The van der Waals surface area contributed by atoms with Crippen LogP contribution in [0.25, 0.3) is 6.08 Å². The molecule has 4 aliphatic rings. The number of aliphatic hydroxyl groups excluding tert-OH is 2. The molecule has 46 heavy (non-hydrogen) atoms. The predicted octanol–water partition coefficient (Wildman–Crippen LogP) is 3.77. The molecule has 0 heterocycles. The number of benzene rings is 1. The van der Waals surface area contributed by atoms with Gasteiger partial charge in [0.25, 0.3) is 5.91 Å². The number of nitrogens with two attached hydrogens (primary N) is 2. The molecule has 4 aliphatic carbocycles. The van der Waals surface area contributed by atoms with Crippen LogP contribution in [-0.4, -0.2) is 58.1 Å². The lowest BCUT2D eigenvalue weighted by molar-refractivity contribution is -0.211. The summed E-state index contributed by atoms with van der Waals surface area (Å²) in [6, 6.07) is 7.35. The quantitative estimate of drug-likeness (QED) is 0.104. The van der Waals surface area contributed by atoms with Gasteiger partial charge in [-0.3, -0.25) is 9.59 Å². The van der Waals surface area contributed by atoms with Gasteiger partial charge in [0.2, 0.25) is 0 Å². The molecular formula is C37H51N3O6. The Morgan fingerprint density at radius 1 is 1.11 bits per heavy atom. The van der Waals surface area contributed by atoms with Gasteiger partial charge in [0.05, 0.1) is 19.3 Å². The predicted molar refractivity (Wildman–Crippen MR) is 177 cm³/mol. The molecular weight excluding hydrogens is 582 g/mol. The minimum Gasteiger partial charge on any atom is -0.469 e. The van der Waals surface area contributed by atoms with Crippen LogP contribution in [0.15, 0.2) is 35.3 Å². The van der Waals surface area contributed by atoms with Gasteiger partial charge in [-0.05, 0) is 121 Å². The number of guanidine groups is 1. The molecule has 0 radical (unpaired) electrons. The van der Waals surface area contributed by atoms with Gasteiger partial charge < -0.3 is 31.5 Å². The monoisotopic (exact) mass is 633 g/mol. The fraction of sp³-hybridized carbons (Fsp3) is 0.649. The highest BCUT2D eigenvalue weighted by molar-refractivity contribution is 5.99. The van der Waals surface area contributed by atoms with Crippen LogP contribution in [0.3, 0.4) is 0 Å². The van der Waals surface area contributed by atoms with E-state index in [2.05, 4.69) is 37.6 Å². The Balaban J connectivity index is 1.28. The number of carbonyl (C=O) groups excluding carboxylic acids is 2. The average molecular weight is 634 g/mol. The molecule has 7 N–H and O–H groups in total. The first-order chi connectivity index (χ1) is 21.7. The Bertz CT molecular complexity index is 1430. The molecule has 0 aliphatic heterocycles. The third kappa shape index (κ3) is 6.49. The summed E-state index contributed by atoms with van der Waals surface area (Å²) >= 11 is 0. The lowest BCUT2D eigenvalue weighted by atomic mass is 9.42. The molecule has 0 aromatic heterocycles. The fourth-order valence-electron chi connectivity index (χ4n) is 10.1. The summed E-state index contributed by atoms with van der Waals surface area (Å²) in [6.07, 6.45) is 8.18. The molecule has 1 aromatic carbocycles. The molecule has 4 saturated carbocycles. The fourth-order valence-corrected chi connectivity index (χ4v) is 10.1. The van der Waals surface area contributed by atoms with Crippen LogP contribution in [0, 0.1) is 58.2 Å². The number of carbonyl (C=O) groups is 2. The summed E-state index contributed by atoms with van der Waals surface area (Å²) in [5.74, 6) is 6.47. The molecule has 11 atom stereocenters. The van der Waals surface area contributed by atoms with E-state index in [0.717, 1.165) is 36.8 Å². The normalized spacial score (nSPS) is 38.8. The summed E-state index contributed by atoms with van der Waals surface area (Å²) in [7, 11) is 1.42. The Morgan fingerprint density at radius 3 is 2.50 bits per heavy atom. The number of nitrogens with zero attached hydrogens (tertiary/aromatic N) is 1. The first kappa shape index (κ1) is 34.2. The number of aliphatic imine (C=N–C) groups is 1. The van der Waals surface area contributed by atoms with E-state index >= 15 is 0 Å². The lowest BCUT2D eigenvalue weighted by Crippen LogP contribution is -2.63. The first-order valence-electron chi connectivity index (χ1n) is 16.8. The van der Waals surface area contributed by atoms with Crippen LogP contribution in [0.5, 0.6) is 0 Å². The van der Waals surface area contributed by atoms with Gasteiger partial charge in [-0.2, -0.15) is 4.99 Å². The number of ether oxygens (including phenoxy) is 1. The molecule has 9 nitrogen and oxygen atoms in total. The molecule has 1 amide bonds. The standard InChI is InChI=1S/C37H51N3O6/c1-22(5-14-32(44)46-4)26-11-12-27-33-28(20-30(42)36(26,27)3)35(2)17-18-37(45,21-25(35)19-29(33)41)16-15-24-8-6-23(7-9-24)10-13-31(43)40-34(38)39/h6-10,13,22,25-30,33,41-42,45H,5,11-12,14,17-21H2,1-4H3,(H4,38,39,40,43)/t22?,25?,26?,27?,28?,29-,30+,33?,35+,36-,37-/m1/s1. The number of hydrogen-bond acceptors (Lipinski definition) is 6. The number of amides is 1. The minimum atomic E-state index is -1.16. The van der Waals surface area contributed by atoms with Crippen LogP contribution in [0.4, 0.5) is 0 Å². The van der Waals surface area contributed by atoms with E-state index in [-0.39, 0.29) is 52.3 Å². The smallest absolute Gasteiger partial charge is 0.305 e. The Hall–Kier alpha value is -3.19. The van der Waals surface area contributed by atoms with Crippen molar-refractivity contribution in [3.05, 3.63) is 41.5 Å². The van der Waals surface area contributed by atoms with E-state index < -0.39 is 23.7 Å². The zero-order valence-corrected chi connectivity index (χ0v) is 27.6. The van der Waals surface area contributed by atoms with Gasteiger partial charge in [-0.25, -0.2) is 0 Å². The molecule has 4 fully saturated rings. The van der Waals surface area contributed by atoms with E-state index in [4.69, 9.17) is 16.2 Å². The molecule has 250 valence electrons. The van der Waals surface area contributed by atoms with E-state index in [1.54, 1.807) is 6.08 Å². The Morgan fingerprint density at radius 2 is 1.83 bits per heavy atom. The van der Waals surface area contributed by atoms with Gasteiger partial charge in [0.15, 0.2) is 5.96 Å². The number of esters is 1. The summed E-state index contributed by atoms with van der Waals surface area (Å²) in [6.45, 7) is 6.75. The number of hydrogen-bond donors (Lipinski definition) is 5. The highest BCUT2D eigenvalue weighted by Gasteiger charge is 2.66. The zero-order valence-electron chi connectivity index (χ0n) is 27.6. The number of aliphatic hydroxyl groups is 3. The molecule has 1 aromatic rings. The van der Waals surface area contributed by atoms with Gasteiger partial charge in [-0.1, -0.05) is 44.7 Å². The van der Waals surface area contributed by atoms with Crippen molar-refractivity contribution in [2.45, 2.75) is 96.4 Å². The summed E-state index contributed by atoms with van der Waals surface area (Å²) in [5, 5.41) is 35.3. The lowest BCUT2D eigenvalue weighted by Gasteiger charge is -2.64. The highest BCUT2D eigenvalue weighted by Crippen LogP contribution is 2.68. The number of fused-ring (bicyclic) bond motifs is 5. The van der Waals surface area contributed by atoms with Crippen LogP contribution < -0.4 is 11.5 Å². The Kier molecular flexibility index (Phi) is 9.75. The van der Waals surface area contributed by atoms with Crippen molar-refractivity contribution in [3.8, 4) is 11.8 Å². The second-order valence-corrected chi connectivity index (χ2v) is 15.0. The van der Waals surface area contributed by atoms with E-state index in [1.807, 2.05) is 24.3 Å².